The van der Waals surface area contributed by atoms with Crippen molar-refractivity contribution in [3.63, 3.8) is 0 Å². The number of hydrogen-bond donors (Lipinski definition) is 1. The Morgan fingerprint density at radius 1 is 1.73 bits per heavy atom. The largest absolute Gasteiger partial charge is 0.381 e. The smallest absolute Gasteiger partial charge is 0.188 e. The van der Waals surface area contributed by atoms with Gasteiger partial charge in [-0.05, 0) is 6.42 Å². The van der Waals surface area contributed by atoms with Gasteiger partial charge in [0.2, 0.25) is 0 Å². The monoisotopic (exact) mass is 209 g/mol. The standard InChI is InChI=1S/C10H15N3O2/c11-2-3-13-5-9(12-7-13)10(14)8-1-4-15-6-8/h5,7-8H,1-4,6,11H2. The van der Waals surface area contributed by atoms with Crippen molar-refractivity contribution in [3.05, 3.63) is 18.2 Å². The first kappa shape index (κ1) is 10.3. The molecule has 0 aromatic carbocycles. The van der Waals surface area contributed by atoms with Gasteiger partial charge in [-0.2, -0.15) is 0 Å². The van der Waals surface area contributed by atoms with Crippen molar-refractivity contribution in [2.75, 3.05) is 19.8 Å². The Labute approximate surface area is 88.2 Å². The van der Waals surface area contributed by atoms with Crippen LogP contribution in [0.4, 0.5) is 0 Å². The molecule has 2 heterocycles. The number of Topliss-reactive ketones (excluding diaryl/α,β-unsaturated/α-hetero) is 1. The van der Waals surface area contributed by atoms with Crippen LogP contribution in [-0.2, 0) is 11.3 Å². The van der Waals surface area contributed by atoms with E-state index < -0.39 is 0 Å². The lowest BCUT2D eigenvalue weighted by Gasteiger charge is -2.02. The Balaban J connectivity index is 2.04. The maximum Gasteiger partial charge on any atom is 0.188 e. The summed E-state index contributed by atoms with van der Waals surface area (Å²) in [6.45, 7) is 2.46. The minimum atomic E-state index is -0.00812. The Morgan fingerprint density at radius 3 is 3.27 bits per heavy atom. The molecule has 1 unspecified atom stereocenters. The number of carbonyl (C=O) groups is 1. The number of nitrogens with two attached hydrogens (primary N) is 1. The van der Waals surface area contributed by atoms with Gasteiger partial charge in [-0.1, -0.05) is 0 Å². The van der Waals surface area contributed by atoms with Crippen LogP contribution >= 0.6 is 0 Å². The van der Waals surface area contributed by atoms with E-state index in [9.17, 15) is 4.79 Å². The fraction of sp³-hybridized carbons (Fsp3) is 0.600. The molecule has 0 radical (unpaired) electrons. The van der Waals surface area contributed by atoms with Gasteiger partial charge in [0.05, 0.1) is 12.9 Å². The summed E-state index contributed by atoms with van der Waals surface area (Å²) in [5.41, 5.74) is 5.94. The van der Waals surface area contributed by atoms with Crippen LogP contribution in [0.5, 0.6) is 0 Å². The molecule has 0 aliphatic carbocycles. The molecule has 1 aromatic heterocycles. The Hall–Kier alpha value is -1.20. The number of ketones is 1. The second kappa shape index (κ2) is 4.55. The van der Waals surface area contributed by atoms with Crippen molar-refractivity contribution in [2.24, 2.45) is 11.7 Å². The predicted molar refractivity (Wildman–Crippen MR) is 54.5 cm³/mol. The van der Waals surface area contributed by atoms with Gasteiger partial charge in [-0.15, -0.1) is 0 Å². The fourth-order valence-corrected chi connectivity index (χ4v) is 1.71. The van der Waals surface area contributed by atoms with Gasteiger partial charge in [-0.3, -0.25) is 4.79 Å². The van der Waals surface area contributed by atoms with Gasteiger partial charge in [0.1, 0.15) is 5.69 Å². The maximum absolute atomic E-state index is 11.9. The van der Waals surface area contributed by atoms with E-state index in [4.69, 9.17) is 10.5 Å². The Bertz CT molecular complexity index is 342. The van der Waals surface area contributed by atoms with Crippen molar-refractivity contribution in [1.82, 2.24) is 9.55 Å². The summed E-state index contributed by atoms with van der Waals surface area (Å²) in [4.78, 5) is 16.0. The molecule has 82 valence electrons. The summed E-state index contributed by atoms with van der Waals surface area (Å²) >= 11 is 0. The zero-order chi connectivity index (χ0) is 10.7. The van der Waals surface area contributed by atoms with E-state index in [1.807, 2.05) is 4.57 Å². The highest BCUT2D eigenvalue weighted by Crippen LogP contribution is 2.17. The molecule has 0 saturated carbocycles. The molecule has 0 bridgehead atoms. The van der Waals surface area contributed by atoms with Crippen LogP contribution in [-0.4, -0.2) is 35.1 Å². The van der Waals surface area contributed by atoms with Gasteiger partial charge in [0, 0.05) is 31.8 Å². The molecule has 2 rings (SSSR count). The molecule has 1 atom stereocenters. The van der Waals surface area contributed by atoms with Crippen LogP contribution in [0.1, 0.15) is 16.9 Å². The van der Waals surface area contributed by atoms with Crippen molar-refractivity contribution in [1.29, 1.82) is 0 Å². The van der Waals surface area contributed by atoms with E-state index >= 15 is 0 Å². The average molecular weight is 209 g/mol. The van der Waals surface area contributed by atoms with E-state index in [1.54, 1.807) is 12.5 Å². The number of nitrogens with zero attached hydrogens (tertiary/aromatic N) is 2. The third-order valence-electron chi connectivity index (χ3n) is 2.57. The second-order valence-electron chi connectivity index (χ2n) is 3.71. The second-order valence-corrected chi connectivity index (χ2v) is 3.71. The SMILES string of the molecule is NCCn1cnc(C(=O)C2CCOC2)c1. The molecule has 1 aliphatic heterocycles. The summed E-state index contributed by atoms with van der Waals surface area (Å²) in [6.07, 6.45) is 4.21. The molecule has 15 heavy (non-hydrogen) atoms. The number of rotatable bonds is 4. The zero-order valence-electron chi connectivity index (χ0n) is 8.56. The molecule has 1 fully saturated rings. The van der Waals surface area contributed by atoms with Gasteiger partial charge in [-0.25, -0.2) is 4.98 Å². The highest BCUT2D eigenvalue weighted by atomic mass is 16.5. The molecule has 2 N–H and O–H groups in total. The number of hydrogen-bond acceptors (Lipinski definition) is 4. The zero-order valence-corrected chi connectivity index (χ0v) is 8.56. The number of ether oxygens (including phenoxy) is 1. The van der Waals surface area contributed by atoms with Crippen LogP contribution in [0.2, 0.25) is 0 Å². The Morgan fingerprint density at radius 2 is 2.60 bits per heavy atom. The van der Waals surface area contributed by atoms with Crippen LogP contribution in [0.25, 0.3) is 0 Å². The molecule has 0 spiro atoms. The molecule has 1 aromatic rings. The molecule has 1 aliphatic rings. The summed E-state index contributed by atoms with van der Waals surface area (Å²) in [5.74, 6) is 0.0782. The summed E-state index contributed by atoms with van der Waals surface area (Å²) < 4.78 is 7.01. The first-order valence-electron chi connectivity index (χ1n) is 5.15. The molecular formula is C10H15N3O2. The lowest BCUT2D eigenvalue weighted by molar-refractivity contribution is 0.0895. The molecule has 1 saturated heterocycles. The fourth-order valence-electron chi connectivity index (χ4n) is 1.71. The topological polar surface area (TPSA) is 70.1 Å². The third-order valence-corrected chi connectivity index (χ3v) is 2.57. The van der Waals surface area contributed by atoms with E-state index in [0.717, 1.165) is 6.42 Å². The molecule has 5 heteroatoms. The van der Waals surface area contributed by atoms with Gasteiger partial charge >= 0.3 is 0 Å². The maximum atomic E-state index is 11.9. The predicted octanol–water partition coefficient (Wildman–Crippen LogP) is 0.0610. The lowest BCUT2D eigenvalue weighted by atomic mass is 10.0. The highest BCUT2D eigenvalue weighted by molar-refractivity contribution is 5.96. The van der Waals surface area contributed by atoms with Crippen molar-refractivity contribution in [3.8, 4) is 0 Å². The van der Waals surface area contributed by atoms with Crippen LogP contribution in [0, 0.1) is 5.92 Å². The minimum absolute atomic E-state index is 0.00812. The first-order valence-corrected chi connectivity index (χ1v) is 5.15. The van der Waals surface area contributed by atoms with Gasteiger partial charge in [0.25, 0.3) is 0 Å². The van der Waals surface area contributed by atoms with Crippen LogP contribution in [0.15, 0.2) is 12.5 Å². The van der Waals surface area contributed by atoms with E-state index in [-0.39, 0.29) is 11.7 Å². The third kappa shape index (κ3) is 2.24. The first-order chi connectivity index (χ1) is 7.31. The van der Waals surface area contributed by atoms with E-state index in [2.05, 4.69) is 4.98 Å². The Kier molecular flexibility index (Phi) is 3.13. The van der Waals surface area contributed by atoms with Crippen molar-refractivity contribution < 1.29 is 9.53 Å². The van der Waals surface area contributed by atoms with Crippen LogP contribution in [0.3, 0.4) is 0 Å². The van der Waals surface area contributed by atoms with Crippen molar-refractivity contribution in [2.45, 2.75) is 13.0 Å². The molecular weight excluding hydrogens is 194 g/mol. The quantitative estimate of drug-likeness (QED) is 0.712. The van der Waals surface area contributed by atoms with Gasteiger partial charge < -0.3 is 15.0 Å². The summed E-state index contributed by atoms with van der Waals surface area (Å²) in [5, 5.41) is 0. The normalized spacial score (nSPS) is 20.7. The van der Waals surface area contributed by atoms with Gasteiger partial charge in [0.15, 0.2) is 5.78 Å². The van der Waals surface area contributed by atoms with Crippen LogP contribution < -0.4 is 5.73 Å². The van der Waals surface area contributed by atoms with Crippen molar-refractivity contribution >= 4 is 5.78 Å². The summed E-state index contributed by atoms with van der Waals surface area (Å²) in [7, 11) is 0. The van der Waals surface area contributed by atoms with E-state index in [1.165, 1.54) is 0 Å². The minimum Gasteiger partial charge on any atom is -0.381 e. The lowest BCUT2D eigenvalue weighted by Crippen LogP contribution is -2.15. The molecule has 5 nitrogen and oxygen atoms in total. The average Bonchev–Trinajstić information content (AvgIpc) is 2.87. The number of imidazole rings is 1. The highest BCUT2D eigenvalue weighted by Gasteiger charge is 2.25. The molecule has 0 amide bonds. The van der Waals surface area contributed by atoms with E-state index in [0.29, 0.717) is 32.0 Å². The number of aromatic nitrogens is 2. The number of carbonyl (C=O) groups excluding carboxylic acids is 1. The summed E-state index contributed by atoms with van der Waals surface area (Å²) in [6, 6.07) is 0.